The normalized spacial score (nSPS) is 10.7. The van der Waals surface area contributed by atoms with Gasteiger partial charge in [0.25, 0.3) is 5.56 Å². The third-order valence-corrected chi connectivity index (χ3v) is 3.20. The second-order valence-corrected chi connectivity index (χ2v) is 4.47. The van der Waals surface area contributed by atoms with Gasteiger partial charge in [-0.25, -0.2) is 9.36 Å². The molecule has 6 nitrogen and oxygen atoms in total. The van der Waals surface area contributed by atoms with E-state index in [-0.39, 0.29) is 16.8 Å². The van der Waals surface area contributed by atoms with Gasteiger partial charge in [-0.15, -0.1) is 0 Å². The van der Waals surface area contributed by atoms with Gasteiger partial charge in [0.15, 0.2) is 0 Å². The SMILES string of the molecule is COc1cccc2[nH]c(=O)n(-c3cccc(O)c3)c(=O)c12. The first-order chi connectivity index (χ1) is 10.1. The second-order valence-electron chi connectivity index (χ2n) is 4.47. The van der Waals surface area contributed by atoms with E-state index in [9.17, 15) is 14.7 Å². The minimum absolute atomic E-state index is 0.0288. The van der Waals surface area contributed by atoms with Gasteiger partial charge in [-0.1, -0.05) is 12.1 Å². The van der Waals surface area contributed by atoms with Crippen LogP contribution in [0.1, 0.15) is 0 Å². The van der Waals surface area contributed by atoms with E-state index >= 15 is 0 Å². The summed E-state index contributed by atoms with van der Waals surface area (Å²) in [5.41, 5.74) is -0.391. The summed E-state index contributed by atoms with van der Waals surface area (Å²) in [4.78, 5) is 27.4. The van der Waals surface area contributed by atoms with Gasteiger partial charge in [-0.3, -0.25) is 4.79 Å². The topological polar surface area (TPSA) is 84.3 Å². The van der Waals surface area contributed by atoms with Gasteiger partial charge in [-0.05, 0) is 24.3 Å². The maximum atomic E-state index is 12.6. The average Bonchev–Trinajstić information content (AvgIpc) is 2.46. The number of nitrogens with zero attached hydrogens (tertiary/aromatic N) is 1. The second kappa shape index (κ2) is 4.82. The van der Waals surface area contributed by atoms with Crippen molar-refractivity contribution in [2.24, 2.45) is 0 Å². The third kappa shape index (κ3) is 2.06. The van der Waals surface area contributed by atoms with Crippen LogP contribution in [-0.2, 0) is 0 Å². The number of aromatic hydroxyl groups is 1. The van der Waals surface area contributed by atoms with Crippen molar-refractivity contribution in [2.75, 3.05) is 7.11 Å². The number of phenolic OH excluding ortho intramolecular Hbond substituents is 1. The number of benzene rings is 2. The first-order valence-corrected chi connectivity index (χ1v) is 6.23. The Kier molecular flexibility index (Phi) is 2.98. The largest absolute Gasteiger partial charge is 0.508 e. The highest BCUT2D eigenvalue weighted by atomic mass is 16.5. The number of methoxy groups -OCH3 is 1. The van der Waals surface area contributed by atoms with Crippen molar-refractivity contribution in [3.05, 3.63) is 63.3 Å². The van der Waals surface area contributed by atoms with E-state index in [4.69, 9.17) is 4.74 Å². The molecule has 106 valence electrons. The molecule has 0 aliphatic heterocycles. The fraction of sp³-hybridized carbons (Fsp3) is 0.0667. The fourth-order valence-corrected chi connectivity index (χ4v) is 2.27. The third-order valence-electron chi connectivity index (χ3n) is 3.20. The zero-order chi connectivity index (χ0) is 15.0. The van der Waals surface area contributed by atoms with Crippen LogP contribution in [0.5, 0.6) is 11.5 Å². The van der Waals surface area contributed by atoms with Gasteiger partial charge in [0, 0.05) is 6.07 Å². The Morgan fingerprint density at radius 1 is 1.14 bits per heavy atom. The molecule has 3 rings (SSSR count). The quantitative estimate of drug-likeness (QED) is 0.745. The van der Waals surface area contributed by atoms with Crippen molar-refractivity contribution < 1.29 is 9.84 Å². The van der Waals surface area contributed by atoms with Crippen molar-refractivity contribution in [1.29, 1.82) is 0 Å². The minimum Gasteiger partial charge on any atom is -0.508 e. The molecule has 2 aromatic carbocycles. The maximum absolute atomic E-state index is 12.6. The first-order valence-electron chi connectivity index (χ1n) is 6.23. The highest BCUT2D eigenvalue weighted by Crippen LogP contribution is 2.20. The van der Waals surface area contributed by atoms with Crippen LogP contribution in [0.2, 0.25) is 0 Å². The monoisotopic (exact) mass is 284 g/mol. The van der Waals surface area contributed by atoms with Gasteiger partial charge < -0.3 is 14.8 Å². The van der Waals surface area contributed by atoms with Crippen LogP contribution < -0.4 is 16.0 Å². The Morgan fingerprint density at radius 2 is 1.90 bits per heavy atom. The molecule has 0 aliphatic rings. The molecule has 2 N–H and O–H groups in total. The number of hydrogen-bond donors (Lipinski definition) is 2. The van der Waals surface area contributed by atoms with Crippen LogP contribution >= 0.6 is 0 Å². The van der Waals surface area contributed by atoms with E-state index in [1.54, 1.807) is 30.3 Å². The Balaban J connectivity index is 2.45. The Labute approximate surface area is 118 Å². The molecule has 0 fully saturated rings. The predicted molar refractivity (Wildman–Crippen MR) is 78.4 cm³/mol. The van der Waals surface area contributed by atoms with Gasteiger partial charge >= 0.3 is 5.69 Å². The first kappa shape index (κ1) is 13.0. The summed E-state index contributed by atoms with van der Waals surface area (Å²) in [7, 11) is 1.46. The zero-order valence-corrected chi connectivity index (χ0v) is 11.2. The molecule has 21 heavy (non-hydrogen) atoms. The van der Waals surface area contributed by atoms with Crippen LogP contribution in [0.3, 0.4) is 0 Å². The molecule has 3 aromatic rings. The maximum Gasteiger partial charge on any atom is 0.333 e. The van der Waals surface area contributed by atoms with E-state index in [1.165, 1.54) is 19.2 Å². The van der Waals surface area contributed by atoms with Crippen LogP contribution in [0.25, 0.3) is 16.6 Å². The molecule has 0 amide bonds. The lowest BCUT2D eigenvalue weighted by Gasteiger charge is -2.09. The number of ether oxygens (including phenoxy) is 1. The number of phenols is 1. The molecule has 6 heteroatoms. The fourth-order valence-electron chi connectivity index (χ4n) is 2.27. The van der Waals surface area contributed by atoms with E-state index in [2.05, 4.69) is 4.98 Å². The van der Waals surface area contributed by atoms with Crippen molar-refractivity contribution >= 4 is 10.9 Å². The van der Waals surface area contributed by atoms with Crippen molar-refractivity contribution in [2.45, 2.75) is 0 Å². The summed E-state index contributed by atoms with van der Waals surface area (Å²) in [6.07, 6.45) is 0. The summed E-state index contributed by atoms with van der Waals surface area (Å²) < 4.78 is 6.14. The summed E-state index contributed by atoms with van der Waals surface area (Å²) >= 11 is 0. The van der Waals surface area contributed by atoms with Crippen LogP contribution in [-0.4, -0.2) is 21.8 Å². The molecule has 0 bridgehead atoms. The molecule has 0 radical (unpaired) electrons. The molecular formula is C15H12N2O4. The molecular weight excluding hydrogens is 272 g/mol. The van der Waals surface area contributed by atoms with Gasteiger partial charge in [0.2, 0.25) is 0 Å². The number of fused-ring (bicyclic) bond motifs is 1. The number of H-pyrrole nitrogens is 1. The summed E-state index contributed by atoms with van der Waals surface area (Å²) in [5, 5.41) is 9.80. The molecule has 0 aliphatic carbocycles. The van der Waals surface area contributed by atoms with Crippen molar-refractivity contribution in [1.82, 2.24) is 9.55 Å². The highest BCUT2D eigenvalue weighted by molar-refractivity contribution is 5.84. The van der Waals surface area contributed by atoms with Crippen LogP contribution in [0, 0.1) is 0 Å². The van der Waals surface area contributed by atoms with Crippen molar-refractivity contribution in [3.63, 3.8) is 0 Å². The number of nitrogens with one attached hydrogen (secondary N) is 1. The molecule has 0 saturated carbocycles. The minimum atomic E-state index is -0.577. The lowest BCUT2D eigenvalue weighted by molar-refractivity contribution is 0.419. The number of aromatic amines is 1. The molecule has 0 saturated heterocycles. The van der Waals surface area contributed by atoms with E-state index < -0.39 is 11.2 Å². The average molecular weight is 284 g/mol. The number of aromatic nitrogens is 2. The molecule has 0 unspecified atom stereocenters. The van der Waals surface area contributed by atoms with Crippen LogP contribution in [0.15, 0.2) is 52.1 Å². The highest BCUT2D eigenvalue weighted by Gasteiger charge is 2.13. The standard InChI is InChI=1S/C15H12N2O4/c1-21-12-7-3-6-11-13(12)14(19)17(15(20)16-11)9-4-2-5-10(18)8-9/h2-8,18H,1H3,(H,16,20). The van der Waals surface area contributed by atoms with E-state index in [1.807, 2.05) is 0 Å². The Bertz CT molecular complexity index is 940. The van der Waals surface area contributed by atoms with Gasteiger partial charge in [-0.2, -0.15) is 0 Å². The Hall–Kier alpha value is -3.02. The Morgan fingerprint density at radius 3 is 2.62 bits per heavy atom. The van der Waals surface area contributed by atoms with Crippen LogP contribution in [0.4, 0.5) is 0 Å². The van der Waals surface area contributed by atoms with E-state index in [0.29, 0.717) is 11.3 Å². The number of hydrogen-bond acceptors (Lipinski definition) is 4. The molecule has 1 aromatic heterocycles. The number of rotatable bonds is 2. The van der Waals surface area contributed by atoms with Gasteiger partial charge in [0.1, 0.15) is 16.9 Å². The van der Waals surface area contributed by atoms with Gasteiger partial charge in [0.05, 0.1) is 18.3 Å². The smallest absolute Gasteiger partial charge is 0.333 e. The lowest BCUT2D eigenvalue weighted by Crippen LogP contribution is -2.33. The summed E-state index contributed by atoms with van der Waals surface area (Å²) in [5.74, 6) is 0.349. The molecule has 0 spiro atoms. The van der Waals surface area contributed by atoms with Crippen molar-refractivity contribution in [3.8, 4) is 17.2 Å². The van der Waals surface area contributed by atoms with E-state index in [0.717, 1.165) is 4.57 Å². The predicted octanol–water partition coefficient (Wildman–Crippen LogP) is 1.39. The lowest BCUT2D eigenvalue weighted by atomic mass is 10.2. The summed E-state index contributed by atoms with van der Waals surface area (Å²) in [6.45, 7) is 0. The molecule has 0 atom stereocenters. The zero-order valence-electron chi connectivity index (χ0n) is 11.2. The summed E-state index contributed by atoms with van der Waals surface area (Å²) in [6, 6.07) is 10.9. The molecule has 1 heterocycles.